The van der Waals surface area contributed by atoms with Crippen LogP contribution in [0.4, 0.5) is 0 Å². The van der Waals surface area contributed by atoms with E-state index in [2.05, 4.69) is 4.74 Å². The molecule has 5 nitrogen and oxygen atoms in total. The van der Waals surface area contributed by atoms with Gasteiger partial charge in [-0.15, -0.1) is 0 Å². The van der Waals surface area contributed by atoms with Crippen LogP contribution < -0.4 is 0 Å². The molecule has 1 heterocycles. The number of cyclic esters (lactones) is 2. The van der Waals surface area contributed by atoms with E-state index >= 15 is 0 Å². The molecule has 1 aromatic rings. The number of esters is 2. The van der Waals surface area contributed by atoms with Crippen molar-refractivity contribution < 1.29 is 24.2 Å². The van der Waals surface area contributed by atoms with E-state index in [-0.39, 0.29) is 16.7 Å². The molecule has 0 saturated carbocycles. The van der Waals surface area contributed by atoms with Crippen molar-refractivity contribution in [2.75, 3.05) is 0 Å². The summed E-state index contributed by atoms with van der Waals surface area (Å²) < 4.78 is 4.28. The number of carbonyl (C=O) groups is 3. The number of aromatic carboxylic acids is 1. The summed E-state index contributed by atoms with van der Waals surface area (Å²) >= 11 is 0. The van der Waals surface area contributed by atoms with Crippen LogP contribution in [-0.2, 0) is 4.74 Å². The van der Waals surface area contributed by atoms with Crippen LogP contribution in [0.25, 0.3) is 0 Å². The largest absolute Gasteiger partial charge is 0.478 e. The van der Waals surface area contributed by atoms with Gasteiger partial charge in [-0.05, 0) is 12.1 Å². The van der Waals surface area contributed by atoms with E-state index in [0.29, 0.717) is 0 Å². The smallest absolute Gasteiger partial charge is 0.347 e. The molecule has 0 fully saturated rings. The minimum absolute atomic E-state index is 0.00917. The number of hydrogen-bond donors (Lipinski definition) is 1. The minimum Gasteiger partial charge on any atom is -0.478 e. The maximum absolute atomic E-state index is 11.1. The zero-order valence-electron chi connectivity index (χ0n) is 6.81. The van der Waals surface area contributed by atoms with Crippen molar-refractivity contribution in [3.8, 4) is 0 Å². The Balaban J connectivity index is 2.74. The minimum atomic E-state index is -1.26. The first-order valence-electron chi connectivity index (χ1n) is 3.74. The molecule has 5 heteroatoms. The van der Waals surface area contributed by atoms with E-state index < -0.39 is 17.9 Å². The van der Waals surface area contributed by atoms with Crippen LogP contribution in [0.5, 0.6) is 0 Å². The van der Waals surface area contributed by atoms with Gasteiger partial charge in [-0.2, -0.15) is 0 Å². The number of fused-ring (bicyclic) bond motifs is 1. The van der Waals surface area contributed by atoms with Crippen LogP contribution in [0.15, 0.2) is 18.2 Å². The molecule has 0 bridgehead atoms. The first-order chi connectivity index (χ1) is 6.61. The zero-order chi connectivity index (χ0) is 10.3. The van der Waals surface area contributed by atoms with Crippen LogP contribution in [0.3, 0.4) is 0 Å². The molecule has 1 aliphatic heterocycles. The Bertz CT molecular complexity index is 460. The van der Waals surface area contributed by atoms with Crippen LogP contribution >= 0.6 is 0 Å². The fraction of sp³-hybridized carbons (Fsp3) is 0. The van der Waals surface area contributed by atoms with Gasteiger partial charge >= 0.3 is 17.9 Å². The fourth-order valence-electron chi connectivity index (χ4n) is 1.31. The monoisotopic (exact) mass is 192 g/mol. The molecule has 0 aliphatic carbocycles. The average molecular weight is 192 g/mol. The molecule has 1 N–H and O–H groups in total. The van der Waals surface area contributed by atoms with Gasteiger partial charge in [0.2, 0.25) is 0 Å². The van der Waals surface area contributed by atoms with E-state index in [9.17, 15) is 14.4 Å². The van der Waals surface area contributed by atoms with Gasteiger partial charge in [0.1, 0.15) is 0 Å². The number of rotatable bonds is 1. The molecule has 70 valence electrons. The summed E-state index contributed by atoms with van der Waals surface area (Å²) in [4.78, 5) is 32.8. The Morgan fingerprint density at radius 1 is 1.21 bits per heavy atom. The van der Waals surface area contributed by atoms with Gasteiger partial charge in [0.15, 0.2) is 0 Å². The lowest BCUT2D eigenvalue weighted by atomic mass is 10.0. The molecule has 14 heavy (non-hydrogen) atoms. The normalized spacial score (nSPS) is 13.7. The van der Waals surface area contributed by atoms with Crippen LogP contribution in [0.2, 0.25) is 0 Å². The molecule has 0 radical (unpaired) electrons. The average Bonchev–Trinajstić information content (AvgIpc) is 2.43. The predicted molar refractivity (Wildman–Crippen MR) is 43.1 cm³/mol. The second-order valence-electron chi connectivity index (χ2n) is 2.71. The lowest BCUT2D eigenvalue weighted by molar-refractivity contribution is 0.0439. The van der Waals surface area contributed by atoms with Gasteiger partial charge in [-0.3, -0.25) is 0 Å². The highest BCUT2D eigenvalue weighted by molar-refractivity contribution is 6.18. The third-order valence-corrected chi connectivity index (χ3v) is 1.90. The molecule has 0 unspecified atom stereocenters. The summed E-state index contributed by atoms with van der Waals surface area (Å²) in [5.41, 5.74) is -0.363. The highest BCUT2D eigenvalue weighted by Gasteiger charge is 2.33. The van der Waals surface area contributed by atoms with Gasteiger partial charge in [0.05, 0.1) is 16.7 Å². The van der Waals surface area contributed by atoms with E-state index in [0.717, 1.165) is 0 Å². The number of carboxylic acids is 1. The third-order valence-electron chi connectivity index (χ3n) is 1.90. The number of ether oxygens (including phenoxy) is 1. The Kier molecular flexibility index (Phi) is 1.60. The summed E-state index contributed by atoms with van der Waals surface area (Å²) in [5, 5.41) is 8.73. The predicted octanol–water partition coefficient (Wildman–Crippen LogP) is 0.695. The summed E-state index contributed by atoms with van der Waals surface area (Å²) in [6, 6.07) is 4.00. The van der Waals surface area contributed by atoms with E-state index in [1.54, 1.807) is 0 Å². The summed E-state index contributed by atoms with van der Waals surface area (Å²) in [6.45, 7) is 0. The second kappa shape index (κ2) is 2.66. The second-order valence-corrected chi connectivity index (χ2v) is 2.71. The topological polar surface area (TPSA) is 80.7 Å². The molecule has 1 aliphatic rings. The molecule has 0 saturated heterocycles. The standard InChI is InChI=1S/C9H4O5/c10-7(11)4-2-1-3-5-6(4)9(13)14-8(5)12/h1-3H,(H,10,11). The maximum Gasteiger partial charge on any atom is 0.347 e. The van der Waals surface area contributed by atoms with Crippen LogP contribution in [-0.4, -0.2) is 23.0 Å². The van der Waals surface area contributed by atoms with Gasteiger partial charge in [-0.25, -0.2) is 14.4 Å². The number of benzene rings is 1. The fourth-order valence-corrected chi connectivity index (χ4v) is 1.31. The molecular weight excluding hydrogens is 188 g/mol. The molecular formula is C9H4O5. The Hall–Kier alpha value is -2.17. The molecule has 2 rings (SSSR count). The molecule has 1 aromatic carbocycles. The molecule has 0 spiro atoms. The zero-order valence-corrected chi connectivity index (χ0v) is 6.81. The van der Waals surface area contributed by atoms with Gasteiger partial charge in [-0.1, -0.05) is 6.07 Å². The van der Waals surface area contributed by atoms with Crippen molar-refractivity contribution in [1.82, 2.24) is 0 Å². The number of carboxylic acid groups (broad SMARTS) is 1. The first-order valence-corrected chi connectivity index (χ1v) is 3.74. The summed E-state index contributed by atoms with van der Waals surface area (Å²) in [7, 11) is 0. The summed E-state index contributed by atoms with van der Waals surface area (Å²) in [6.07, 6.45) is 0. The third kappa shape index (κ3) is 0.990. The van der Waals surface area contributed by atoms with Gasteiger partial charge < -0.3 is 9.84 Å². The van der Waals surface area contributed by atoms with E-state index in [1.165, 1.54) is 18.2 Å². The molecule has 0 amide bonds. The van der Waals surface area contributed by atoms with Crippen LogP contribution in [0, 0.1) is 0 Å². The lowest BCUT2D eigenvalue weighted by Gasteiger charge is -1.97. The van der Waals surface area contributed by atoms with Crippen LogP contribution in [0.1, 0.15) is 31.1 Å². The molecule has 0 atom stereocenters. The highest BCUT2D eigenvalue weighted by atomic mass is 16.6. The van der Waals surface area contributed by atoms with Gasteiger partial charge in [0, 0.05) is 0 Å². The summed E-state index contributed by atoms with van der Waals surface area (Å²) in [5.74, 6) is -2.95. The quantitative estimate of drug-likeness (QED) is 0.523. The van der Waals surface area contributed by atoms with E-state index in [1.807, 2.05) is 0 Å². The Labute approximate surface area is 77.9 Å². The number of hydrogen-bond acceptors (Lipinski definition) is 4. The van der Waals surface area contributed by atoms with Crippen molar-refractivity contribution in [3.05, 3.63) is 34.9 Å². The maximum atomic E-state index is 11.1. The lowest BCUT2D eigenvalue weighted by Crippen LogP contribution is -2.05. The Morgan fingerprint density at radius 3 is 2.57 bits per heavy atom. The van der Waals surface area contributed by atoms with Crippen molar-refractivity contribution in [2.24, 2.45) is 0 Å². The van der Waals surface area contributed by atoms with Crippen molar-refractivity contribution in [3.63, 3.8) is 0 Å². The van der Waals surface area contributed by atoms with Gasteiger partial charge in [0.25, 0.3) is 0 Å². The SMILES string of the molecule is O=C(O)c1cccc2c1C(=O)OC2=O. The highest BCUT2D eigenvalue weighted by Crippen LogP contribution is 2.23. The van der Waals surface area contributed by atoms with Crippen molar-refractivity contribution >= 4 is 17.9 Å². The van der Waals surface area contributed by atoms with Crippen molar-refractivity contribution in [2.45, 2.75) is 0 Å². The first kappa shape index (κ1) is 8.43. The molecule has 0 aromatic heterocycles. The van der Waals surface area contributed by atoms with E-state index in [4.69, 9.17) is 5.11 Å². The number of carbonyl (C=O) groups excluding carboxylic acids is 2. The Morgan fingerprint density at radius 2 is 1.93 bits per heavy atom. The van der Waals surface area contributed by atoms with Crippen molar-refractivity contribution in [1.29, 1.82) is 0 Å².